The van der Waals surface area contributed by atoms with Gasteiger partial charge >= 0.3 is 0 Å². The molecule has 0 spiro atoms. The molecule has 7 aromatic carbocycles. The van der Waals surface area contributed by atoms with Gasteiger partial charge in [-0.1, -0.05) is 170 Å². The van der Waals surface area contributed by atoms with Crippen molar-refractivity contribution in [1.82, 2.24) is 0 Å². The Morgan fingerprint density at radius 2 is 0.543 bits per heavy atom. The van der Waals surface area contributed by atoms with E-state index in [1.807, 2.05) is 109 Å². The monoisotopic (exact) mass is 590 g/mol. The van der Waals surface area contributed by atoms with Gasteiger partial charge in [-0.3, -0.25) is 0 Å². The normalized spacial score (nSPS) is 18.8. The van der Waals surface area contributed by atoms with Crippen LogP contribution in [0.5, 0.6) is 0 Å². The lowest BCUT2D eigenvalue weighted by Gasteiger charge is -2.36. The van der Waals surface area contributed by atoms with E-state index < -0.39 is 11.2 Å². The van der Waals surface area contributed by atoms with E-state index in [1.165, 1.54) is 0 Å². The highest BCUT2D eigenvalue weighted by Crippen LogP contribution is 2.62. The molecule has 0 fully saturated rings. The average molecular weight is 591 g/mol. The first-order valence-electron chi connectivity index (χ1n) is 15.7. The topological polar surface area (TPSA) is 40.5 Å². The molecule has 2 atom stereocenters. The van der Waals surface area contributed by atoms with Gasteiger partial charge in [0.05, 0.1) is 0 Å². The van der Waals surface area contributed by atoms with Crippen molar-refractivity contribution < 1.29 is 10.2 Å². The molecular formula is C44H30O2. The van der Waals surface area contributed by atoms with Gasteiger partial charge in [-0.05, 0) is 44.5 Å². The Hall–Kier alpha value is -5.54. The maximum Gasteiger partial charge on any atom is 0.142 e. The largest absolute Gasteiger partial charge is 0.376 e. The molecule has 0 saturated carbocycles. The van der Waals surface area contributed by atoms with Gasteiger partial charge in [0.25, 0.3) is 0 Å². The molecule has 0 aliphatic heterocycles. The molecule has 0 bridgehead atoms. The van der Waals surface area contributed by atoms with Crippen LogP contribution in [0, 0.1) is 0 Å². The molecule has 9 rings (SSSR count). The van der Waals surface area contributed by atoms with Crippen LogP contribution in [0.15, 0.2) is 170 Å². The van der Waals surface area contributed by atoms with Crippen LogP contribution >= 0.6 is 0 Å². The Bertz CT molecular complexity index is 2120. The molecule has 46 heavy (non-hydrogen) atoms. The number of rotatable bonds is 4. The van der Waals surface area contributed by atoms with Gasteiger partial charge in [0, 0.05) is 33.4 Å². The minimum absolute atomic E-state index is 0.733. The standard InChI is InChI=1S/C44H30O2/c45-43(37-23-11-7-19-31(37)29-15-3-1-4-16-29)39-25-13-9-21-33(39)35-27-28-36-34-22-10-14-26-40(34)44(46,42(36)41(35)43)38-24-12-8-20-32(38)30-17-5-2-6-18-30/h1-28,45-46H. The van der Waals surface area contributed by atoms with Gasteiger partial charge in [0.2, 0.25) is 0 Å². The fourth-order valence-electron chi connectivity index (χ4n) is 8.04. The molecule has 2 nitrogen and oxygen atoms in total. The Balaban J connectivity index is 1.42. The van der Waals surface area contributed by atoms with Crippen molar-refractivity contribution in [3.8, 4) is 44.5 Å². The summed E-state index contributed by atoms with van der Waals surface area (Å²) >= 11 is 0. The number of hydrogen-bond donors (Lipinski definition) is 2. The third-order valence-corrected chi connectivity index (χ3v) is 9.95. The number of fused-ring (bicyclic) bond motifs is 7. The molecule has 7 aromatic rings. The highest BCUT2D eigenvalue weighted by molar-refractivity contribution is 5.94. The number of benzene rings is 7. The first-order chi connectivity index (χ1) is 22.6. The molecule has 0 radical (unpaired) electrons. The quantitative estimate of drug-likeness (QED) is 0.214. The molecular weight excluding hydrogens is 560 g/mol. The molecule has 218 valence electrons. The second-order valence-electron chi connectivity index (χ2n) is 12.2. The zero-order valence-electron chi connectivity index (χ0n) is 25.1. The van der Waals surface area contributed by atoms with Crippen LogP contribution in [0.25, 0.3) is 44.5 Å². The Labute approximate surface area is 268 Å². The lowest BCUT2D eigenvalue weighted by Crippen LogP contribution is -2.34. The van der Waals surface area contributed by atoms with Crippen LogP contribution in [0.2, 0.25) is 0 Å². The molecule has 0 heterocycles. The second kappa shape index (κ2) is 9.98. The van der Waals surface area contributed by atoms with Crippen LogP contribution in [0.1, 0.15) is 33.4 Å². The van der Waals surface area contributed by atoms with Gasteiger partial charge in [-0.2, -0.15) is 0 Å². The summed E-state index contributed by atoms with van der Waals surface area (Å²) in [6, 6.07) is 57.3. The lowest BCUT2D eigenvalue weighted by molar-refractivity contribution is 0.107. The number of aliphatic hydroxyl groups is 2. The van der Waals surface area contributed by atoms with Crippen molar-refractivity contribution >= 4 is 0 Å². The molecule has 0 amide bonds. The van der Waals surface area contributed by atoms with Crippen molar-refractivity contribution in [3.05, 3.63) is 203 Å². The molecule has 0 saturated heterocycles. The fourth-order valence-corrected chi connectivity index (χ4v) is 8.04. The molecule has 2 unspecified atom stereocenters. The third kappa shape index (κ3) is 3.54. The summed E-state index contributed by atoms with van der Waals surface area (Å²) in [5.74, 6) is 0. The maximum atomic E-state index is 13.6. The SMILES string of the molecule is OC1(c2ccccc2-c2ccccc2)c2ccccc2-c2ccc3c(c21)C(O)(c1ccccc1-c1ccccc1)c1ccccc1-3. The van der Waals surface area contributed by atoms with Crippen LogP contribution in [-0.4, -0.2) is 10.2 Å². The molecule has 2 aliphatic carbocycles. The first-order valence-corrected chi connectivity index (χ1v) is 15.7. The summed E-state index contributed by atoms with van der Waals surface area (Å²) in [7, 11) is 0. The summed E-state index contributed by atoms with van der Waals surface area (Å²) < 4.78 is 0. The highest BCUT2D eigenvalue weighted by Gasteiger charge is 2.54. The highest BCUT2D eigenvalue weighted by atomic mass is 16.3. The minimum Gasteiger partial charge on any atom is -0.376 e. The van der Waals surface area contributed by atoms with E-state index in [0.717, 1.165) is 77.9 Å². The van der Waals surface area contributed by atoms with Gasteiger partial charge in [0.15, 0.2) is 0 Å². The van der Waals surface area contributed by atoms with Crippen molar-refractivity contribution in [2.24, 2.45) is 0 Å². The lowest BCUT2D eigenvalue weighted by atomic mass is 9.73. The summed E-state index contributed by atoms with van der Waals surface area (Å²) in [6.45, 7) is 0. The van der Waals surface area contributed by atoms with Crippen LogP contribution in [0.4, 0.5) is 0 Å². The predicted octanol–water partition coefficient (Wildman–Crippen LogP) is 9.55. The summed E-state index contributed by atoms with van der Waals surface area (Å²) in [5, 5.41) is 27.2. The van der Waals surface area contributed by atoms with E-state index in [9.17, 15) is 10.2 Å². The smallest absolute Gasteiger partial charge is 0.142 e. The summed E-state index contributed by atoms with van der Waals surface area (Å²) in [4.78, 5) is 0. The Morgan fingerprint density at radius 1 is 0.261 bits per heavy atom. The zero-order valence-corrected chi connectivity index (χ0v) is 25.1. The van der Waals surface area contributed by atoms with Crippen molar-refractivity contribution in [2.75, 3.05) is 0 Å². The predicted molar refractivity (Wildman–Crippen MR) is 185 cm³/mol. The van der Waals surface area contributed by atoms with Crippen molar-refractivity contribution in [2.45, 2.75) is 11.2 Å². The van der Waals surface area contributed by atoms with Crippen molar-refractivity contribution in [1.29, 1.82) is 0 Å². The van der Waals surface area contributed by atoms with Gasteiger partial charge in [-0.25, -0.2) is 0 Å². The van der Waals surface area contributed by atoms with Crippen LogP contribution < -0.4 is 0 Å². The van der Waals surface area contributed by atoms with E-state index in [4.69, 9.17) is 0 Å². The summed E-state index contributed by atoms with van der Waals surface area (Å²) in [5.41, 5.74) is 9.36. The Kier molecular flexibility index (Phi) is 5.82. The van der Waals surface area contributed by atoms with E-state index >= 15 is 0 Å². The van der Waals surface area contributed by atoms with Crippen molar-refractivity contribution in [3.63, 3.8) is 0 Å². The molecule has 2 N–H and O–H groups in total. The first kappa shape index (κ1) is 26.8. The summed E-state index contributed by atoms with van der Waals surface area (Å²) in [6.07, 6.45) is 0. The van der Waals surface area contributed by atoms with Crippen LogP contribution in [-0.2, 0) is 11.2 Å². The molecule has 0 aromatic heterocycles. The Morgan fingerprint density at radius 3 is 0.913 bits per heavy atom. The minimum atomic E-state index is -1.54. The van der Waals surface area contributed by atoms with E-state index in [2.05, 4.69) is 60.7 Å². The van der Waals surface area contributed by atoms with Crippen LogP contribution in [0.3, 0.4) is 0 Å². The third-order valence-electron chi connectivity index (χ3n) is 9.95. The van der Waals surface area contributed by atoms with E-state index in [-0.39, 0.29) is 0 Å². The van der Waals surface area contributed by atoms with E-state index in [0.29, 0.717) is 0 Å². The second-order valence-corrected chi connectivity index (χ2v) is 12.2. The molecule has 2 aliphatic rings. The molecule has 2 heteroatoms. The number of hydrogen-bond acceptors (Lipinski definition) is 2. The zero-order chi connectivity index (χ0) is 30.9. The maximum absolute atomic E-state index is 13.6. The van der Waals surface area contributed by atoms with Gasteiger partial charge in [-0.15, -0.1) is 0 Å². The average Bonchev–Trinajstić information content (AvgIpc) is 3.55. The fraction of sp³-hybridized carbons (Fsp3) is 0.0455. The van der Waals surface area contributed by atoms with Gasteiger partial charge < -0.3 is 10.2 Å². The van der Waals surface area contributed by atoms with E-state index in [1.54, 1.807) is 0 Å². The van der Waals surface area contributed by atoms with Gasteiger partial charge in [0.1, 0.15) is 11.2 Å².